The van der Waals surface area contributed by atoms with Gasteiger partial charge in [-0.15, -0.1) is 0 Å². The SMILES string of the molecule is Cc1nn(C)c(C)c1NC(=O)C(C)OC(=O)[C@H](C)NS(=O)(=O)c1ccccc1. The summed E-state index contributed by atoms with van der Waals surface area (Å²) in [7, 11) is -2.13. The lowest BCUT2D eigenvalue weighted by Crippen LogP contribution is -2.42. The number of anilines is 1. The number of hydrogen-bond acceptors (Lipinski definition) is 6. The zero-order chi connectivity index (χ0) is 21.1. The minimum Gasteiger partial charge on any atom is -0.451 e. The fraction of sp³-hybridized carbons (Fsp3) is 0.389. The Bertz CT molecular complexity index is 969. The van der Waals surface area contributed by atoms with E-state index in [1.807, 2.05) is 0 Å². The Morgan fingerprint density at radius 3 is 2.29 bits per heavy atom. The summed E-state index contributed by atoms with van der Waals surface area (Å²) in [6, 6.07) is 6.49. The van der Waals surface area contributed by atoms with Crippen molar-refractivity contribution in [1.82, 2.24) is 14.5 Å². The number of ether oxygens (including phenoxy) is 1. The lowest BCUT2D eigenvalue weighted by molar-refractivity contribution is -0.154. The normalized spacial score (nSPS) is 13.6. The Hall–Kier alpha value is -2.72. The molecule has 9 nitrogen and oxygen atoms in total. The third kappa shape index (κ3) is 4.96. The first kappa shape index (κ1) is 21.6. The molecule has 28 heavy (non-hydrogen) atoms. The van der Waals surface area contributed by atoms with E-state index in [9.17, 15) is 18.0 Å². The summed E-state index contributed by atoms with van der Waals surface area (Å²) in [5.41, 5.74) is 1.94. The lowest BCUT2D eigenvalue weighted by Gasteiger charge is -2.17. The average molecular weight is 408 g/mol. The van der Waals surface area contributed by atoms with Crippen molar-refractivity contribution in [1.29, 1.82) is 0 Å². The number of aryl methyl sites for hydroxylation is 2. The predicted octanol–water partition coefficient (Wildman–Crippen LogP) is 1.27. The van der Waals surface area contributed by atoms with Gasteiger partial charge in [0.15, 0.2) is 6.10 Å². The van der Waals surface area contributed by atoms with Crippen LogP contribution in [0.3, 0.4) is 0 Å². The highest BCUT2D eigenvalue weighted by atomic mass is 32.2. The van der Waals surface area contributed by atoms with Crippen molar-refractivity contribution in [3.8, 4) is 0 Å². The Kier molecular flexibility index (Phi) is 6.57. The van der Waals surface area contributed by atoms with Crippen LogP contribution in [0, 0.1) is 13.8 Å². The van der Waals surface area contributed by atoms with Crippen molar-refractivity contribution in [2.45, 2.75) is 44.7 Å². The van der Waals surface area contributed by atoms with Crippen molar-refractivity contribution in [3.63, 3.8) is 0 Å². The van der Waals surface area contributed by atoms with Gasteiger partial charge in [-0.25, -0.2) is 8.42 Å². The Balaban J connectivity index is 1.98. The number of hydrogen-bond donors (Lipinski definition) is 2. The maximum atomic E-state index is 12.3. The van der Waals surface area contributed by atoms with Crippen molar-refractivity contribution in [2.75, 3.05) is 5.32 Å². The van der Waals surface area contributed by atoms with Gasteiger partial charge in [-0.3, -0.25) is 14.3 Å². The summed E-state index contributed by atoms with van der Waals surface area (Å²) in [5, 5.41) is 6.88. The van der Waals surface area contributed by atoms with E-state index >= 15 is 0 Å². The number of aromatic nitrogens is 2. The molecule has 0 saturated heterocycles. The second kappa shape index (κ2) is 8.53. The fourth-order valence-electron chi connectivity index (χ4n) is 2.46. The van der Waals surface area contributed by atoms with E-state index < -0.39 is 34.0 Å². The Morgan fingerprint density at radius 1 is 1.14 bits per heavy atom. The van der Waals surface area contributed by atoms with E-state index in [2.05, 4.69) is 15.1 Å². The van der Waals surface area contributed by atoms with Crippen LogP contribution in [0.2, 0.25) is 0 Å². The predicted molar refractivity (Wildman–Crippen MR) is 103 cm³/mol. The molecule has 2 aromatic rings. The summed E-state index contributed by atoms with van der Waals surface area (Å²) >= 11 is 0. The number of carbonyl (C=O) groups excluding carboxylic acids is 2. The second-order valence-corrected chi connectivity index (χ2v) is 8.11. The molecule has 10 heteroatoms. The molecule has 0 bridgehead atoms. The number of nitrogens with one attached hydrogen (secondary N) is 2. The van der Waals surface area contributed by atoms with E-state index in [1.165, 1.54) is 26.0 Å². The molecule has 0 fully saturated rings. The van der Waals surface area contributed by atoms with Gasteiger partial charge in [-0.05, 0) is 39.8 Å². The smallest absolute Gasteiger partial charge is 0.324 e. The summed E-state index contributed by atoms with van der Waals surface area (Å²) in [4.78, 5) is 24.6. The fourth-order valence-corrected chi connectivity index (χ4v) is 3.67. The minimum absolute atomic E-state index is 0.0305. The lowest BCUT2D eigenvalue weighted by atomic mass is 10.3. The van der Waals surface area contributed by atoms with Gasteiger partial charge >= 0.3 is 5.97 Å². The molecule has 0 aliphatic heterocycles. The Labute approximate surface area is 164 Å². The molecule has 2 rings (SSSR count). The molecule has 1 heterocycles. The van der Waals surface area contributed by atoms with E-state index in [-0.39, 0.29) is 4.90 Å². The average Bonchev–Trinajstić information content (AvgIpc) is 2.88. The molecule has 2 N–H and O–H groups in total. The van der Waals surface area contributed by atoms with Crippen LogP contribution in [0.1, 0.15) is 25.2 Å². The number of carbonyl (C=O) groups is 2. The van der Waals surface area contributed by atoms with E-state index in [0.717, 1.165) is 5.69 Å². The number of benzene rings is 1. The van der Waals surface area contributed by atoms with Crippen molar-refractivity contribution < 1.29 is 22.7 Å². The third-order valence-electron chi connectivity index (χ3n) is 4.16. The van der Waals surface area contributed by atoms with E-state index in [0.29, 0.717) is 11.4 Å². The standard InChI is InChI=1S/C18H24N4O5S/c1-11-16(13(3)22(5)20-11)19-17(23)14(4)27-18(24)12(2)21-28(25,26)15-9-7-6-8-10-15/h6-10,12,14,21H,1-5H3,(H,19,23)/t12-,14?/m0/s1. The first-order chi connectivity index (χ1) is 13.0. The molecule has 0 saturated carbocycles. The molecule has 0 spiro atoms. The first-order valence-corrected chi connectivity index (χ1v) is 10.1. The quantitative estimate of drug-likeness (QED) is 0.666. The number of rotatable bonds is 7. The van der Waals surface area contributed by atoms with Crippen LogP contribution in [0.25, 0.3) is 0 Å². The molecule has 1 aromatic heterocycles. The number of sulfonamides is 1. The van der Waals surface area contributed by atoms with E-state index in [4.69, 9.17) is 4.74 Å². The maximum Gasteiger partial charge on any atom is 0.324 e. The second-order valence-electron chi connectivity index (χ2n) is 6.39. The maximum absolute atomic E-state index is 12.3. The number of nitrogens with zero attached hydrogens (tertiary/aromatic N) is 2. The number of esters is 1. The largest absolute Gasteiger partial charge is 0.451 e. The zero-order valence-electron chi connectivity index (χ0n) is 16.4. The van der Waals surface area contributed by atoms with Crippen LogP contribution < -0.4 is 10.0 Å². The molecule has 2 atom stereocenters. The molecule has 0 radical (unpaired) electrons. The van der Waals surface area contributed by atoms with E-state index in [1.54, 1.807) is 43.8 Å². The summed E-state index contributed by atoms with van der Waals surface area (Å²) in [5.74, 6) is -1.40. The highest BCUT2D eigenvalue weighted by Crippen LogP contribution is 2.18. The molecule has 1 aromatic carbocycles. The molecule has 152 valence electrons. The first-order valence-electron chi connectivity index (χ1n) is 8.62. The highest BCUT2D eigenvalue weighted by molar-refractivity contribution is 7.89. The van der Waals surface area contributed by atoms with Crippen LogP contribution in [-0.4, -0.2) is 42.2 Å². The molecule has 1 unspecified atom stereocenters. The minimum atomic E-state index is -3.88. The summed E-state index contributed by atoms with van der Waals surface area (Å²) in [6.45, 7) is 6.31. The van der Waals surface area contributed by atoms with Gasteiger partial charge in [0.25, 0.3) is 5.91 Å². The van der Waals surface area contributed by atoms with Gasteiger partial charge < -0.3 is 10.1 Å². The van der Waals surface area contributed by atoms with Gasteiger partial charge in [-0.2, -0.15) is 9.82 Å². The summed E-state index contributed by atoms with van der Waals surface area (Å²) < 4.78 is 33.5. The highest BCUT2D eigenvalue weighted by Gasteiger charge is 2.27. The molecule has 0 aliphatic rings. The van der Waals surface area contributed by atoms with Crippen molar-refractivity contribution in [2.24, 2.45) is 7.05 Å². The zero-order valence-corrected chi connectivity index (χ0v) is 17.2. The van der Waals surface area contributed by atoms with Crippen LogP contribution >= 0.6 is 0 Å². The molecule has 0 aliphatic carbocycles. The third-order valence-corrected chi connectivity index (χ3v) is 5.71. The van der Waals surface area contributed by atoms with Gasteiger partial charge in [0.2, 0.25) is 10.0 Å². The van der Waals surface area contributed by atoms with Gasteiger partial charge in [0, 0.05) is 7.05 Å². The molecular formula is C18H24N4O5S. The summed E-state index contributed by atoms with van der Waals surface area (Å²) in [6.07, 6.45) is -1.12. The molecular weight excluding hydrogens is 384 g/mol. The Morgan fingerprint density at radius 2 is 1.75 bits per heavy atom. The van der Waals surface area contributed by atoms with Crippen molar-refractivity contribution in [3.05, 3.63) is 41.7 Å². The van der Waals surface area contributed by atoms with Crippen LogP contribution in [0.4, 0.5) is 5.69 Å². The topological polar surface area (TPSA) is 119 Å². The van der Waals surface area contributed by atoms with Crippen molar-refractivity contribution >= 4 is 27.6 Å². The van der Waals surface area contributed by atoms with Crippen LogP contribution in [-0.2, 0) is 31.4 Å². The van der Waals surface area contributed by atoms with Crippen LogP contribution in [0.5, 0.6) is 0 Å². The van der Waals surface area contributed by atoms with Gasteiger partial charge in [-0.1, -0.05) is 18.2 Å². The molecule has 1 amide bonds. The van der Waals surface area contributed by atoms with Gasteiger partial charge in [0.1, 0.15) is 6.04 Å². The number of amides is 1. The van der Waals surface area contributed by atoms with Gasteiger partial charge in [0.05, 0.1) is 22.0 Å². The van der Waals surface area contributed by atoms with Crippen LogP contribution in [0.15, 0.2) is 35.2 Å². The monoisotopic (exact) mass is 408 g/mol.